The zero-order chi connectivity index (χ0) is 43.8. The molecule has 0 radical (unpaired) electrons. The van der Waals surface area contributed by atoms with Gasteiger partial charge in [-0.2, -0.15) is 0 Å². The van der Waals surface area contributed by atoms with Crippen LogP contribution in [-0.2, 0) is 10.8 Å². The molecule has 0 heterocycles. The number of para-hydroxylation sites is 2. The number of hydrogen-bond donors (Lipinski definition) is 0. The number of fused-ring (bicyclic) bond motifs is 3. The van der Waals surface area contributed by atoms with Crippen LogP contribution >= 0.6 is 0 Å². The topological polar surface area (TPSA) is 6.48 Å². The molecule has 9 aromatic carbocycles. The van der Waals surface area contributed by atoms with Crippen molar-refractivity contribution in [3.05, 3.63) is 265 Å². The fourth-order valence-corrected chi connectivity index (χ4v) is 10.6. The van der Waals surface area contributed by atoms with Crippen molar-refractivity contribution in [2.24, 2.45) is 0 Å². The molecule has 0 bridgehead atoms. The predicted molar refractivity (Wildman–Crippen MR) is 274 cm³/mol. The highest BCUT2D eigenvalue weighted by Gasteiger charge is 2.38. The molecule has 65 heavy (non-hydrogen) atoms. The van der Waals surface area contributed by atoms with Gasteiger partial charge in [-0.3, -0.25) is 0 Å². The zero-order valence-electron chi connectivity index (χ0n) is 37.1. The first kappa shape index (κ1) is 40.1. The lowest BCUT2D eigenvalue weighted by Gasteiger charge is -2.37. The van der Waals surface area contributed by atoms with Gasteiger partial charge in [-0.05, 0) is 148 Å². The van der Waals surface area contributed by atoms with E-state index >= 15 is 0 Å². The molecule has 2 aliphatic carbocycles. The second-order valence-electron chi connectivity index (χ2n) is 18.1. The first-order chi connectivity index (χ1) is 32.0. The predicted octanol–water partition coefficient (Wildman–Crippen LogP) is 17.3. The summed E-state index contributed by atoms with van der Waals surface area (Å²) in [5, 5.41) is 0. The Kier molecular flexibility index (Phi) is 10.4. The average Bonchev–Trinajstić information content (AvgIpc) is 3.61. The lowest BCUT2D eigenvalue weighted by Crippen LogP contribution is -2.29. The maximum atomic E-state index is 2.45. The van der Waals surface area contributed by atoms with E-state index in [1.165, 1.54) is 55.6 Å². The minimum Gasteiger partial charge on any atom is -0.311 e. The highest BCUT2D eigenvalue weighted by Crippen LogP contribution is 2.54. The third kappa shape index (κ3) is 7.26. The average molecular weight is 837 g/mol. The van der Waals surface area contributed by atoms with Crippen LogP contribution in [0.2, 0.25) is 0 Å². The van der Waals surface area contributed by atoms with Gasteiger partial charge >= 0.3 is 0 Å². The summed E-state index contributed by atoms with van der Waals surface area (Å²) in [5.74, 6) is 0. The number of benzene rings is 9. The van der Waals surface area contributed by atoms with Gasteiger partial charge in [0.25, 0.3) is 0 Å². The second kappa shape index (κ2) is 16.8. The van der Waals surface area contributed by atoms with E-state index in [1.807, 2.05) is 0 Å². The van der Waals surface area contributed by atoms with Crippen molar-refractivity contribution in [3.8, 4) is 33.4 Å². The van der Waals surface area contributed by atoms with Gasteiger partial charge in [0.2, 0.25) is 0 Å². The largest absolute Gasteiger partial charge is 0.311 e. The van der Waals surface area contributed by atoms with Crippen molar-refractivity contribution in [2.45, 2.75) is 43.9 Å². The summed E-state index contributed by atoms with van der Waals surface area (Å²) in [4.78, 5) is 4.79. The lowest BCUT2D eigenvalue weighted by atomic mass is 9.67. The van der Waals surface area contributed by atoms with Gasteiger partial charge in [0.15, 0.2) is 0 Å². The smallest absolute Gasteiger partial charge is 0.0465 e. The molecule has 2 aliphatic rings. The van der Waals surface area contributed by atoms with Crippen molar-refractivity contribution >= 4 is 34.1 Å². The van der Waals surface area contributed by atoms with Gasteiger partial charge in [0, 0.05) is 45.0 Å². The third-order valence-corrected chi connectivity index (χ3v) is 14.0. The van der Waals surface area contributed by atoms with Crippen LogP contribution in [-0.4, -0.2) is 0 Å². The van der Waals surface area contributed by atoms with Crippen LogP contribution in [0.15, 0.2) is 243 Å². The van der Waals surface area contributed by atoms with Crippen molar-refractivity contribution in [3.63, 3.8) is 0 Å². The Morgan fingerprint density at radius 3 is 1.35 bits per heavy atom. The van der Waals surface area contributed by atoms with Crippen LogP contribution in [0.3, 0.4) is 0 Å². The molecular weight excluding hydrogens is 785 g/mol. The summed E-state index contributed by atoms with van der Waals surface area (Å²) < 4.78 is 0. The highest BCUT2D eigenvalue weighted by molar-refractivity contribution is 5.94. The summed E-state index contributed by atoms with van der Waals surface area (Å²) >= 11 is 0. The fourth-order valence-electron chi connectivity index (χ4n) is 10.6. The standard InChI is InChI=1S/C63H52N2/c1-62(2)59-28-18-27-57(48-21-10-4-11-22-48)61(59)58-42-41-56(45-60(58)62)65(53-35-29-47(30-36-53)46-19-8-3-9-20-46)55-39-33-50(34-40-55)63(43-16-7-17-44-63)49-31-37-54(38-32-49)64(51-23-12-5-13-24-51)52-25-14-6-15-26-52/h3-16,18-42,45H,17,43-44H2,1-2H3. The molecule has 0 N–H and O–H groups in total. The molecule has 11 rings (SSSR count). The summed E-state index contributed by atoms with van der Waals surface area (Å²) in [6, 6.07) is 84.7. The van der Waals surface area contributed by atoms with E-state index in [4.69, 9.17) is 0 Å². The Morgan fingerprint density at radius 2 is 0.815 bits per heavy atom. The van der Waals surface area contributed by atoms with Crippen LogP contribution in [0.5, 0.6) is 0 Å². The Labute approximate surface area is 384 Å². The van der Waals surface area contributed by atoms with Crippen molar-refractivity contribution in [2.75, 3.05) is 9.80 Å². The Morgan fingerprint density at radius 1 is 0.354 bits per heavy atom. The number of nitrogens with zero attached hydrogens (tertiary/aromatic N) is 2. The number of anilines is 6. The lowest BCUT2D eigenvalue weighted by molar-refractivity contribution is 0.465. The van der Waals surface area contributed by atoms with Gasteiger partial charge in [0.1, 0.15) is 0 Å². The molecule has 1 unspecified atom stereocenters. The van der Waals surface area contributed by atoms with Gasteiger partial charge in [-0.15, -0.1) is 0 Å². The number of rotatable bonds is 10. The highest BCUT2D eigenvalue weighted by atomic mass is 15.1. The summed E-state index contributed by atoms with van der Waals surface area (Å²) in [6.45, 7) is 4.77. The van der Waals surface area contributed by atoms with Crippen LogP contribution in [0, 0.1) is 0 Å². The van der Waals surface area contributed by atoms with Crippen molar-refractivity contribution in [1.82, 2.24) is 0 Å². The molecule has 0 aromatic heterocycles. The van der Waals surface area contributed by atoms with Gasteiger partial charge in [0.05, 0.1) is 0 Å². The van der Waals surface area contributed by atoms with E-state index in [2.05, 4.69) is 266 Å². The zero-order valence-corrected chi connectivity index (χ0v) is 37.1. The van der Waals surface area contributed by atoms with Gasteiger partial charge < -0.3 is 9.80 Å². The Hall–Kier alpha value is -7.68. The molecule has 0 fully saturated rings. The van der Waals surface area contributed by atoms with E-state index in [-0.39, 0.29) is 10.8 Å². The Bertz CT molecular complexity index is 3060. The molecule has 0 amide bonds. The normalized spacial score (nSPS) is 15.8. The molecule has 0 spiro atoms. The monoisotopic (exact) mass is 836 g/mol. The molecule has 1 atom stereocenters. The van der Waals surface area contributed by atoms with Crippen molar-refractivity contribution in [1.29, 1.82) is 0 Å². The van der Waals surface area contributed by atoms with Gasteiger partial charge in [-0.1, -0.05) is 184 Å². The summed E-state index contributed by atoms with van der Waals surface area (Å²) in [7, 11) is 0. The van der Waals surface area contributed by atoms with Gasteiger partial charge in [-0.25, -0.2) is 0 Å². The molecule has 2 nitrogen and oxygen atoms in total. The third-order valence-electron chi connectivity index (χ3n) is 14.0. The Balaban J connectivity index is 0.988. The number of hydrogen-bond acceptors (Lipinski definition) is 2. The van der Waals surface area contributed by atoms with Crippen molar-refractivity contribution < 1.29 is 0 Å². The molecular formula is C63H52N2. The molecule has 0 aliphatic heterocycles. The summed E-state index contributed by atoms with van der Waals surface area (Å²) in [6.07, 6.45) is 7.80. The summed E-state index contributed by atoms with van der Waals surface area (Å²) in [5.41, 5.74) is 19.6. The van der Waals surface area contributed by atoms with Crippen LogP contribution < -0.4 is 9.80 Å². The molecule has 2 heteroatoms. The van der Waals surface area contributed by atoms with Crippen LogP contribution in [0.1, 0.15) is 55.4 Å². The van der Waals surface area contributed by atoms with E-state index < -0.39 is 0 Å². The quantitative estimate of drug-likeness (QED) is 0.127. The van der Waals surface area contributed by atoms with Crippen LogP contribution in [0.4, 0.5) is 34.1 Å². The number of allylic oxidation sites excluding steroid dienone is 2. The second-order valence-corrected chi connectivity index (χ2v) is 18.1. The molecule has 9 aromatic rings. The maximum absolute atomic E-state index is 2.45. The molecule has 314 valence electrons. The van der Waals surface area contributed by atoms with E-state index in [9.17, 15) is 0 Å². The first-order valence-corrected chi connectivity index (χ1v) is 23.0. The minimum atomic E-state index is -0.173. The fraction of sp³-hybridized carbons (Fsp3) is 0.111. The molecule has 0 saturated heterocycles. The SMILES string of the molecule is CC1(C)c2cc(N(c3ccc(-c4ccccc4)cc3)c3ccc(C4(c5ccc(N(c6ccccc6)c6ccccc6)cc5)CC=CCC4)cc3)ccc2-c2c(-c3ccccc3)cccc21. The maximum Gasteiger partial charge on any atom is 0.0465 e. The minimum absolute atomic E-state index is 0.141. The van der Waals surface area contributed by atoms with Crippen LogP contribution in [0.25, 0.3) is 33.4 Å². The molecule has 0 saturated carbocycles. The first-order valence-electron chi connectivity index (χ1n) is 23.0. The van der Waals surface area contributed by atoms with E-state index in [0.717, 1.165) is 53.4 Å². The van der Waals surface area contributed by atoms with E-state index in [1.54, 1.807) is 0 Å². The van der Waals surface area contributed by atoms with E-state index in [0.29, 0.717) is 0 Å².